The quantitative estimate of drug-likeness (QED) is 0.291. The lowest BCUT2D eigenvalue weighted by Crippen LogP contribution is -2.29. The molecule has 0 amide bonds. The van der Waals surface area contributed by atoms with E-state index in [2.05, 4.69) is 25.6 Å². The highest BCUT2D eigenvalue weighted by atomic mass is 16.4. The summed E-state index contributed by atoms with van der Waals surface area (Å²) in [6, 6.07) is 10.7. The Hall–Kier alpha value is -3.56. The van der Waals surface area contributed by atoms with Gasteiger partial charge in [0.25, 0.3) is 0 Å². The second kappa shape index (κ2) is 9.58. The van der Waals surface area contributed by atoms with Crippen LogP contribution in [0.15, 0.2) is 48.8 Å². The van der Waals surface area contributed by atoms with Gasteiger partial charge in [-0.25, -0.2) is 9.97 Å². The number of hydrogen-bond acceptors (Lipinski definition) is 8. The average Bonchev–Trinajstić information content (AvgIpc) is 2.76. The lowest BCUT2D eigenvalue weighted by atomic mass is 9.80. The van der Waals surface area contributed by atoms with Gasteiger partial charge in [-0.15, -0.1) is 0 Å². The molecule has 2 heterocycles. The Morgan fingerprint density at radius 3 is 2.52 bits per heavy atom. The van der Waals surface area contributed by atoms with Gasteiger partial charge in [0, 0.05) is 32.2 Å². The Balaban J connectivity index is 1.84. The molecule has 0 fully saturated rings. The summed E-state index contributed by atoms with van der Waals surface area (Å²) < 4.78 is 0. The van der Waals surface area contributed by atoms with Crippen molar-refractivity contribution in [2.75, 3.05) is 17.7 Å². The van der Waals surface area contributed by atoms with Crippen LogP contribution < -0.4 is 16.1 Å². The minimum atomic E-state index is -1.49. The average molecular weight is 388 g/mol. The van der Waals surface area contributed by atoms with Crippen LogP contribution in [0.5, 0.6) is 0 Å². The molecule has 8 nitrogen and oxygen atoms in total. The predicted octanol–water partition coefficient (Wildman–Crippen LogP) is 1.37. The minimum Gasteiger partial charge on any atom is -0.423 e. The molecular formula is C20H21BN6O2. The molecular weight excluding hydrogens is 367 g/mol. The monoisotopic (exact) mass is 388 g/mol. The van der Waals surface area contributed by atoms with Crippen molar-refractivity contribution in [2.24, 2.45) is 0 Å². The molecule has 146 valence electrons. The summed E-state index contributed by atoms with van der Waals surface area (Å²) in [7, 11) is 0.262. The maximum absolute atomic E-state index is 9.20. The molecule has 9 heteroatoms. The van der Waals surface area contributed by atoms with Crippen LogP contribution in [0.3, 0.4) is 0 Å². The molecule has 0 unspecified atom stereocenters. The van der Waals surface area contributed by atoms with E-state index in [1.807, 2.05) is 30.3 Å². The van der Waals surface area contributed by atoms with E-state index in [1.54, 1.807) is 37.7 Å². The Morgan fingerprint density at radius 1 is 1.10 bits per heavy atom. The van der Waals surface area contributed by atoms with E-state index in [1.165, 1.54) is 6.21 Å². The normalized spacial score (nSPS) is 10.7. The zero-order valence-electron chi connectivity index (χ0n) is 15.9. The molecule has 0 radical (unpaired) electrons. The Labute approximate surface area is 169 Å². The molecule has 0 atom stereocenters. The molecule has 3 aromatic rings. The SMILES string of the molecule is CNc1c(C=N)nc(/C=C/c2cccnc2)nc1NCc1ccc(B(O)O)cc1. The van der Waals surface area contributed by atoms with E-state index in [9.17, 15) is 10.0 Å². The summed E-state index contributed by atoms with van der Waals surface area (Å²) in [6.07, 6.45) is 8.25. The number of nitrogens with zero attached hydrogens (tertiary/aromatic N) is 3. The van der Waals surface area contributed by atoms with Crippen LogP contribution in [0.1, 0.15) is 22.6 Å². The number of benzene rings is 1. The van der Waals surface area contributed by atoms with Crippen LogP contribution in [-0.2, 0) is 6.54 Å². The highest BCUT2D eigenvalue weighted by Crippen LogP contribution is 2.23. The first kappa shape index (κ1) is 20.2. The van der Waals surface area contributed by atoms with Crippen molar-refractivity contribution in [2.45, 2.75) is 6.54 Å². The van der Waals surface area contributed by atoms with Gasteiger partial charge < -0.3 is 26.1 Å². The molecule has 0 aliphatic heterocycles. The van der Waals surface area contributed by atoms with Gasteiger partial charge in [0.2, 0.25) is 0 Å². The summed E-state index contributed by atoms with van der Waals surface area (Å²) in [5.41, 5.74) is 3.39. The lowest BCUT2D eigenvalue weighted by molar-refractivity contribution is 0.426. The lowest BCUT2D eigenvalue weighted by Gasteiger charge is -2.14. The van der Waals surface area contributed by atoms with Crippen LogP contribution in [0.25, 0.3) is 12.2 Å². The molecule has 0 aliphatic rings. The third kappa shape index (κ3) is 5.25. The number of hydrogen-bond donors (Lipinski definition) is 5. The van der Waals surface area contributed by atoms with E-state index >= 15 is 0 Å². The van der Waals surface area contributed by atoms with E-state index in [0.717, 1.165) is 11.1 Å². The number of aromatic nitrogens is 3. The molecule has 1 aromatic carbocycles. The van der Waals surface area contributed by atoms with Crippen LogP contribution in [0, 0.1) is 5.41 Å². The standard InChI is InChI=1S/C20H21BN6O2/c1-23-19-17(11-22)26-18(9-6-14-3-2-10-24-12-14)27-20(19)25-13-15-4-7-16(8-5-15)21(28)29/h2-12,22-23,28-29H,13H2,1H3,(H,25,26,27)/b9-6+,22-11?. The van der Waals surface area contributed by atoms with Crippen molar-refractivity contribution >= 4 is 42.5 Å². The third-order valence-electron chi connectivity index (χ3n) is 4.19. The second-order valence-corrected chi connectivity index (χ2v) is 6.17. The molecule has 0 aliphatic carbocycles. The van der Waals surface area contributed by atoms with Gasteiger partial charge in [0.15, 0.2) is 11.6 Å². The van der Waals surface area contributed by atoms with Gasteiger partial charge in [0.05, 0.1) is 0 Å². The Morgan fingerprint density at radius 2 is 1.90 bits per heavy atom. The summed E-state index contributed by atoms with van der Waals surface area (Å²) in [4.78, 5) is 13.0. The largest absolute Gasteiger partial charge is 0.488 e. The molecule has 29 heavy (non-hydrogen) atoms. The van der Waals surface area contributed by atoms with E-state index < -0.39 is 7.12 Å². The van der Waals surface area contributed by atoms with E-state index in [0.29, 0.717) is 35.0 Å². The maximum Gasteiger partial charge on any atom is 0.488 e. The first-order valence-electron chi connectivity index (χ1n) is 8.98. The first-order valence-corrected chi connectivity index (χ1v) is 8.98. The molecule has 2 aromatic heterocycles. The van der Waals surface area contributed by atoms with Crippen LogP contribution in [0.2, 0.25) is 0 Å². The molecule has 0 saturated heterocycles. The molecule has 0 spiro atoms. The van der Waals surface area contributed by atoms with Gasteiger partial charge in [-0.05, 0) is 34.8 Å². The molecule has 0 bridgehead atoms. The zero-order chi connectivity index (χ0) is 20.6. The van der Waals surface area contributed by atoms with Gasteiger partial charge in [-0.1, -0.05) is 30.3 Å². The summed E-state index contributed by atoms with van der Waals surface area (Å²) in [5, 5.41) is 32.4. The second-order valence-electron chi connectivity index (χ2n) is 6.17. The fourth-order valence-corrected chi connectivity index (χ4v) is 2.69. The number of anilines is 2. The summed E-state index contributed by atoms with van der Waals surface area (Å²) >= 11 is 0. The van der Waals surface area contributed by atoms with Gasteiger partial charge in [-0.2, -0.15) is 0 Å². The van der Waals surface area contributed by atoms with E-state index in [-0.39, 0.29) is 0 Å². The van der Waals surface area contributed by atoms with Crippen LogP contribution >= 0.6 is 0 Å². The van der Waals surface area contributed by atoms with Crippen molar-refractivity contribution in [3.63, 3.8) is 0 Å². The van der Waals surface area contributed by atoms with Crippen molar-refractivity contribution in [3.05, 3.63) is 71.4 Å². The smallest absolute Gasteiger partial charge is 0.423 e. The van der Waals surface area contributed by atoms with Crippen molar-refractivity contribution in [1.29, 1.82) is 5.41 Å². The highest BCUT2D eigenvalue weighted by Gasteiger charge is 2.12. The summed E-state index contributed by atoms with van der Waals surface area (Å²) in [6.45, 7) is 0.469. The molecule has 5 N–H and O–H groups in total. The number of rotatable bonds is 8. The topological polar surface area (TPSA) is 127 Å². The van der Waals surface area contributed by atoms with Gasteiger partial charge in [-0.3, -0.25) is 4.98 Å². The van der Waals surface area contributed by atoms with E-state index in [4.69, 9.17) is 5.41 Å². The minimum absolute atomic E-state index is 0.431. The van der Waals surface area contributed by atoms with Gasteiger partial charge >= 0.3 is 7.12 Å². The highest BCUT2D eigenvalue weighted by molar-refractivity contribution is 6.58. The first-order chi connectivity index (χ1) is 14.1. The third-order valence-corrected chi connectivity index (χ3v) is 4.19. The molecule has 3 rings (SSSR count). The van der Waals surface area contributed by atoms with Crippen molar-refractivity contribution < 1.29 is 10.0 Å². The Kier molecular flexibility index (Phi) is 6.67. The molecule has 0 saturated carbocycles. The predicted molar refractivity (Wildman–Crippen MR) is 116 cm³/mol. The zero-order valence-corrected chi connectivity index (χ0v) is 15.9. The van der Waals surface area contributed by atoms with Crippen LogP contribution in [-0.4, -0.2) is 45.4 Å². The number of nitrogens with one attached hydrogen (secondary N) is 3. The number of pyridine rings is 1. The fourth-order valence-electron chi connectivity index (χ4n) is 2.69. The Bertz CT molecular complexity index is 994. The summed E-state index contributed by atoms with van der Waals surface area (Å²) in [5.74, 6) is 1.03. The maximum atomic E-state index is 9.20. The fraction of sp³-hybridized carbons (Fsp3) is 0.100. The van der Waals surface area contributed by atoms with Crippen molar-refractivity contribution in [1.82, 2.24) is 15.0 Å². The van der Waals surface area contributed by atoms with Crippen molar-refractivity contribution in [3.8, 4) is 0 Å². The van der Waals surface area contributed by atoms with Crippen LogP contribution in [0.4, 0.5) is 11.5 Å². The van der Waals surface area contributed by atoms with Gasteiger partial charge in [0.1, 0.15) is 11.4 Å².